The van der Waals surface area contributed by atoms with E-state index < -0.39 is 5.82 Å². The normalized spacial score (nSPS) is 13.8. The van der Waals surface area contributed by atoms with Gasteiger partial charge in [0.15, 0.2) is 11.6 Å². The van der Waals surface area contributed by atoms with Gasteiger partial charge in [-0.25, -0.2) is 4.39 Å². The number of halogens is 2. The number of ether oxygens (including phenoxy) is 1. The minimum Gasteiger partial charge on any atom is -0.494 e. The summed E-state index contributed by atoms with van der Waals surface area (Å²) < 4.78 is 18.0. The second kappa shape index (κ2) is 6.59. The third-order valence-corrected chi connectivity index (χ3v) is 3.36. The zero-order chi connectivity index (χ0) is 13.7. The van der Waals surface area contributed by atoms with Crippen LogP contribution in [0.1, 0.15) is 24.2 Å². The Labute approximate surface area is 111 Å². The van der Waals surface area contributed by atoms with Crippen LogP contribution in [0, 0.1) is 11.7 Å². The summed E-state index contributed by atoms with van der Waals surface area (Å²) in [5, 5.41) is 2.82. The highest BCUT2D eigenvalue weighted by molar-refractivity contribution is 6.18. The lowest BCUT2D eigenvalue weighted by atomic mass is 10.1. The van der Waals surface area contributed by atoms with Crippen molar-refractivity contribution in [3.05, 3.63) is 29.6 Å². The van der Waals surface area contributed by atoms with Crippen LogP contribution < -0.4 is 10.1 Å². The van der Waals surface area contributed by atoms with Gasteiger partial charge in [0.25, 0.3) is 5.91 Å². The molecule has 0 saturated carbocycles. The van der Waals surface area contributed by atoms with Crippen LogP contribution >= 0.6 is 11.6 Å². The fourth-order valence-corrected chi connectivity index (χ4v) is 1.63. The Bertz CT molecular complexity index is 425. The predicted octanol–water partition coefficient (Wildman–Crippen LogP) is 2.83. The number of hydrogen-bond donors (Lipinski definition) is 1. The van der Waals surface area contributed by atoms with Gasteiger partial charge in [0, 0.05) is 17.5 Å². The minimum atomic E-state index is -0.490. The summed E-state index contributed by atoms with van der Waals surface area (Å²) in [6, 6.07) is 3.96. The van der Waals surface area contributed by atoms with Gasteiger partial charge in [0.1, 0.15) is 0 Å². The number of rotatable bonds is 5. The lowest BCUT2D eigenvalue weighted by molar-refractivity contribution is 0.0930. The van der Waals surface area contributed by atoms with Crippen LogP contribution in [-0.2, 0) is 0 Å². The van der Waals surface area contributed by atoms with Gasteiger partial charge < -0.3 is 10.1 Å². The number of carbonyl (C=O) groups excluding carboxylic acids is 1. The number of benzene rings is 1. The van der Waals surface area contributed by atoms with Crippen molar-refractivity contribution in [3.63, 3.8) is 0 Å². The standard InChI is InChI=1S/C13H17ClFNO2/c1-8(7-14)9(2)16-13(17)10-4-5-11(15)12(6-10)18-3/h4-6,8-9H,7H2,1-3H3,(H,16,17). The predicted molar refractivity (Wildman–Crippen MR) is 69.8 cm³/mol. The first kappa shape index (κ1) is 14.8. The molecular formula is C13H17ClFNO2. The summed E-state index contributed by atoms with van der Waals surface area (Å²) in [6.07, 6.45) is 0. The van der Waals surface area contributed by atoms with Crippen molar-refractivity contribution < 1.29 is 13.9 Å². The third kappa shape index (κ3) is 3.60. The molecule has 0 saturated heterocycles. The fraction of sp³-hybridized carbons (Fsp3) is 0.462. The molecule has 0 spiro atoms. The van der Waals surface area contributed by atoms with Gasteiger partial charge in [-0.15, -0.1) is 11.6 Å². The van der Waals surface area contributed by atoms with Crippen LogP contribution in [0.25, 0.3) is 0 Å². The maximum absolute atomic E-state index is 13.2. The number of alkyl halides is 1. The first-order valence-electron chi connectivity index (χ1n) is 5.70. The lowest BCUT2D eigenvalue weighted by Crippen LogP contribution is -2.37. The molecule has 18 heavy (non-hydrogen) atoms. The minimum absolute atomic E-state index is 0.0500. The molecule has 0 aliphatic rings. The number of carbonyl (C=O) groups is 1. The van der Waals surface area contributed by atoms with Gasteiger partial charge >= 0.3 is 0 Å². The molecule has 0 aromatic heterocycles. The molecule has 0 fully saturated rings. The maximum atomic E-state index is 13.2. The van der Waals surface area contributed by atoms with Crippen molar-refractivity contribution in [2.75, 3.05) is 13.0 Å². The molecule has 0 aliphatic heterocycles. The van der Waals surface area contributed by atoms with Gasteiger partial charge in [-0.1, -0.05) is 6.92 Å². The summed E-state index contributed by atoms with van der Waals surface area (Å²) in [6.45, 7) is 3.83. The number of amides is 1. The second-order valence-electron chi connectivity index (χ2n) is 4.24. The molecule has 2 unspecified atom stereocenters. The molecule has 2 atom stereocenters. The van der Waals surface area contributed by atoms with E-state index in [0.717, 1.165) is 0 Å². The fourth-order valence-electron chi connectivity index (χ4n) is 1.37. The summed E-state index contributed by atoms with van der Waals surface area (Å²) in [7, 11) is 1.36. The molecule has 5 heteroatoms. The van der Waals surface area contributed by atoms with Crippen LogP contribution in [-0.4, -0.2) is 24.9 Å². The smallest absolute Gasteiger partial charge is 0.251 e. The van der Waals surface area contributed by atoms with Crippen molar-refractivity contribution in [1.82, 2.24) is 5.32 Å². The van der Waals surface area contributed by atoms with Crippen molar-refractivity contribution in [1.29, 1.82) is 0 Å². The highest BCUT2D eigenvalue weighted by Gasteiger charge is 2.16. The Morgan fingerprint density at radius 3 is 2.72 bits per heavy atom. The Morgan fingerprint density at radius 1 is 1.50 bits per heavy atom. The largest absolute Gasteiger partial charge is 0.494 e. The van der Waals surface area contributed by atoms with Crippen LogP contribution in [0.2, 0.25) is 0 Å². The lowest BCUT2D eigenvalue weighted by Gasteiger charge is -2.19. The van der Waals surface area contributed by atoms with E-state index in [9.17, 15) is 9.18 Å². The molecule has 1 aromatic carbocycles. The number of nitrogens with one attached hydrogen (secondary N) is 1. The van der Waals surface area contributed by atoms with E-state index in [1.165, 1.54) is 25.3 Å². The number of hydrogen-bond acceptors (Lipinski definition) is 2. The summed E-state index contributed by atoms with van der Waals surface area (Å²) in [4.78, 5) is 11.9. The van der Waals surface area contributed by atoms with Crippen LogP contribution in [0.5, 0.6) is 5.75 Å². The van der Waals surface area contributed by atoms with Crippen molar-refractivity contribution in [3.8, 4) is 5.75 Å². The molecule has 0 bridgehead atoms. The topological polar surface area (TPSA) is 38.3 Å². The quantitative estimate of drug-likeness (QED) is 0.838. The zero-order valence-corrected chi connectivity index (χ0v) is 11.4. The molecule has 1 rings (SSSR count). The van der Waals surface area contributed by atoms with Crippen molar-refractivity contribution >= 4 is 17.5 Å². The average molecular weight is 274 g/mol. The molecule has 3 nitrogen and oxygen atoms in total. The van der Waals surface area contributed by atoms with E-state index >= 15 is 0 Å². The van der Waals surface area contributed by atoms with E-state index in [4.69, 9.17) is 16.3 Å². The molecule has 1 aromatic rings. The summed E-state index contributed by atoms with van der Waals surface area (Å²) >= 11 is 5.72. The molecule has 0 radical (unpaired) electrons. The highest BCUT2D eigenvalue weighted by atomic mass is 35.5. The van der Waals surface area contributed by atoms with E-state index in [-0.39, 0.29) is 23.6 Å². The maximum Gasteiger partial charge on any atom is 0.251 e. The first-order valence-corrected chi connectivity index (χ1v) is 6.23. The number of methoxy groups -OCH3 is 1. The van der Waals surface area contributed by atoms with Gasteiger partial charge in [0.2, 0.25) is 0 Å². The average Bonchev–Trinajstić information content (AvgIpc) is 2.37. The Kier molecular flexibility index (Phi) is 5.41. The first-order chi connectivity index (χ1) is 8.49. The zero-order valence-electron chi connectivity index (χ0n) is 10.7. The summed E-state index contributed by atoms with van der Waals surface area (Å²) in [5.74, 6) is -0.0681. The molecule has 1 N–H and O–H groups in total. The van der Waals surface area contributed by atoms with E-state index in [1.54, 1.807) is 0 Å². The third-order valence-electron chi connectivity index (χ3n) is 2.87. The van der Waals surface area contributed by atoms with Gasteiger partial charge in [-0.3, -0.25) is 4.79 Å². The Balaban J connectivity index is 2.78. The van der Waals surface area contributed by atoms with Crippen LogP contribution in [0.15, 0.2) is 18.2 Å². The van der Waals surface area contributed by atoms with Gasteiger partial charge in [-0.05, 0) is 31.0 Å². The molecule has 0 heterocycles. The van der Waals surface area contributed by atoms with Crippen LogP contribution in [0.4, 0.5) is 4.39 Å². The van der Waals surface area contributed by atoms with Crippen molar-refractivity contribution in [2.45, 2.75) is 19.9 Å². The molecule has 0 aliphatic carbocycles. The second-order valence-corrected chi connectivity index (χ2v) is 4.55. The molecule has 1 amide bonds. The highest BCUT2D eigenvalue weighted by Crippen LogP contribution is 2.18. The Hall–Kier alpha value is -1.29. The van der Waals surface area contributed by atoms with E-state index in [2.05, 4.69) is 5.32 Å². The van der Waals surface area contributed by atoms with Crippen molar-refractivity contribution in [2.24, 2.45) is 5.92 Å². The van der Waals surface area contributed by atoms with Gasteiger partial charge in [0.05, 0.1) is 7.11 Å². The van der Waals surface area contributed by atoms with Crippen LogP contribution in [0.3, 0.4) is 0 Å². The SMILES string of the molecule is COc1cc(C(=O)NC(C)C(C)CCl)ccc1F. The van der Waals surface area contributed by atoms with Gasteiger partial charge in [-0.2, -0.15) is 0 Å². The molecule has 100 valence electrons. The molecular weight excluding hydrogens is 257 g/mol. The van der Waals surface area contributed by atoms with E-state index in [1.807, 2.05) is 13.8 Å². The van der Waals surface area contributed by atoms with E-state index in [0.29, 0.717) is 11.4 Å². The summed E-state index contributed by atoms with van der Waals surface area (Å²) in [5.41, 5.74) is 0.363. The monoisotopic (exact) mass is 273 g/mol. The Morgan fingerprint density at radius 2 is 2.17 bits per heavy atom.